The predicted molar refractivity (Wildman–Crippen MR) is 61.3 cm³/mol. The van der Waals surface area contributed by atoms with Crippen LogP contribution in [0, 0.1) is 6.92 Å². The Bertz CT molecular complexity index is 477. The minimum Gasteiger partial charge on any atom is -0.381 e. The third-order valence-corrected chi connectivity index (χ3v) is 3.62. The van der Waals surface area contributed by atoms with Crippen LogP contribution in [0.25, 0.3) is 0 Å². The number of rotatable bonds is 2. The molecule has 1 atom stereocenters. The van der Waals surface area contributed by atoms with E-state index in [1.807, 2.05) is 25.4 Å². The highest BCUT2D eigenvalue weighted by Gasteiger charge is 2.18. The van der Waals surface area contributed by atoms with Gasteiger partial charge in [-0.3, -0.25) is 4.68 Å². The Morgan fingerprint density at radius 2 is 2.33 bits per heavy atom. The summed E-state index contributed by atoms with van der Waals surface area (Å²) < 4.78 is 1.68. The molecule has 2 aromatic heterocycles. The summed E-state index contributed by atoms with van der Waals surface area (Å²) in [6, 6.07) is 3.65. The van der Waals surface area contributed by atoms with Crippen LogP contribution in [-0.4, -0.2) is 14.9 Å². The van der Waals surface area contributed by atoms with Crippen LogP contribution in [0.3, 0.4) is 0 Å². The van der Waals surface area contributed by atoms with Crippen molar-refractivity contribution in [1.82, 2.24) is 9.78 Å². The Labute approximate surface area is 96.9 Å². The molecule has 0 aliphatic carbocycles. The van der Waals surface area contributed by atoms with Gasteiger partial charge in [0.2, 0.25) is 0 Å². The zero-order valence-corrected chi connectivity index (χ0v) is 10.0. The van der Waals surface area contributed by atoms with Crippen molar-refractivity contribution in [3.8, 4) is 0 Å². The molecule has 0 saturated carbocycles. The van der Waals surface area contributed by atoms with Gasteiger partial charge in [-0.05, 0) is 24.4 Å². The Balaban J connectivity index is 2.40. The van der Waals surface area contributed by atoms with Gasteiger partial charge in [-0.25, -0.2) is 0 Å². The molecule has 2 aromatic rings. The number of hydrogen-bond acceptors (Lipinski definition) is 3. The van der Waals surface area contributed by atoms with Crippen LogP contribution in [0.15, 0.2) is 17.5 Å². The second-order valence-corrected chi connectivity index (χ2v) is 4.72. The maximum Gasteiger partial charge on any atom is 0.131 e. The second kappa shape index (κ2) is 3.96. The summed E-state index contributed by atoms with van der Waals surface area (Å²) in [6.45, 7) is 1.90. The molecule has 3 nitrogen and oxygen atoms in total. The quantitative estimate of drug-likeness (QED) is 0.879. The van der Waals surface area contributed by atoms with Crippen LogP contribution < -0.4 is 0 Å². The molecule has 1 unspecified atom stereocenters. The zero-order valence-electron chi connectivity index (χ0n) is 8.44. The smallest absolute Gasteiger partial charge is 0.131 e. The summed E-state index contributed by atoms with van der Waals surface area (Å²) in [7, 11) is 1.81. The molecule has 15 heavy (non-hydrogen) atoms. The number of nitrogens with zero attached hydrogens (tertiary/aromatic N) is 2. The summed E-state index contributed by atoms with van der Waals surface area (Å²) in [6.07, 6.45) is -0.691. The summed E-state index contributed by atoms with van der Waals surface area (Å²) >= 11 is 7.41. The summed E-state index contributed by atoms with van der Waals surface area (Å²) in [5.74, 6) is 0. The highest BCUT2D eigenvalue weighted by Crippen LogP contribution is 2.32. The molecule has 2 heterocycles. The molecule has 0 aliphatic heterocycles. The summed E-state index contributed by atoms with van der Waals surface area (Å²) in [5, 5.41) is 16.8. The monoisotopic (exact) mass is 242 g/mol. The lowest BCUT2D eigenvalue weighted by Gasteiger charge is -2.09. The number of aliphatic hydroxyl groups is 1. The molecule has 80 valence electrons. The van der Waals surface area contributed by atoms with Gasteiger partial charge in [0.15, 0.2) is 0 Å². The SMILES string of the molecule is Cc1cc(C(O)c2sccc2Cl)n(C)n1. The van der Waals surface area contributed by atoms with E-state index in [1.165, 1.54) is 11.3 Å². The van der Waals surface area contributed by atoms with Crippen LogP contribution in [0.1, 0.15) is 22.4 Å². The molecule has 0 spiro atoms. The first-order chi connectivity index (χ1) is 7.09. The first-order valence-electron chi connectivity index (χ1n) is 4.51. The molecule has 5 heteroatoms. The van der Waals surface area contributed by atoms with Gasteiger partial charge < -0.3 is 5.11 Å². The average Bonchev–Trinajstić information content (AvgIpc) is 2.71. The highest BCUT2D eigenvalue weighted by atomic mass is 35.5. The Morgan fingerprint density at radius 3 is 2.80 bits per heavy atom. The molecule has 0 bridgehead atoms. The molecule has 0 saturated heterocycles. The van der Waals surface area contributed by atoms with Crippen molar-refractivity contribution in [1.29, 1.82) is 0 Å². The number of aliphatic hydroxyl groups excluding tert-OH is 1. The Hall–Kier alpha value is -0.840. The van der Waals surface area contributed by atoms with E-state index in [1.54, 1.807) is 10.7 Å². The second-order valence-electron chi connectivity index (χ2n) is 3.37. The summed E-state index contributed by atoms with van der Waals surface area (Å²) in [4.78, 5) is 0.764. The fourth-order valence-electron chi connectivity index (χ4n) is 1.52. The van der Waals surface area contributed by atoms with Gasteiger partial charge in [-0.15, -0.1) is 11.3 Å². The molecule has 0 amide bonds. The first kappa shape index (κ1) is 10.7. The van der Waals surface area contributed by atoms with E-state index >= 15 is 0 Å². The lowest BCUT2D eigenvalue weighted by atomic mass is 10.2. The van der Waals surface area contributed by atoms with Gasteiger partial charge in [0, 0.05) is 7.05 Å². The number of thiophene rings is 1. The lowest BCUT2D eigenvalue weighted by Crippen LogP contribution is -2.05. The van der Waals surface area contributed by atoms with Crippen molar-refractivity contribution in [2.75, 3.05) is 0 Å². The van der Waals surface area contributed by atoms with Crippen LogP contribution >= 0.6 is 22.9 Å². The molecule has 0 radical (unpaired) electrons. The standard InChI is InChI=1S/C10H11ClN2OS/c1-6-5-8(13(2)12-6)9(14)10-7(11)3-4-15-10/h3-5,9,14H,1-2H3. The average molecular weight is 243 g/mol. The van der Waals surface area contributed by atoms with Crippen LogP contribution in [0.5, 0.6) is 0 Å². The first-order valence-corrected chi connectivity index (χ1v) is 5.77. The molecule has 1 N–H and O–H groups in total. The largest absolute Gasteiger partial charge is 0.381 e. The fraction of sp³-hybridized carbons (Fsp3) is 0.300. The van der Waals surface area contributed by atoms with Crippen molar-refractivity contribution in [3.63, 3.8) is 0 Å². The van der Waals surface area contributed by atoms with Crippen LogP contribution in [0.2, 0.25) is 5.02 Å². The van der Waals surface area contributed by atoms with Crippen LogP contribution in [0.4, 0.5) is 0 Å². The zero-order chi connectivity index (χ0) is 11.0. The van der Waals surface area contributed by atoms with E-state index in [9.17, 15) is 5.11 Å². The maximum absolute atomic E-state index is 10.1. The minimum absolute atomic E-state index is 0.603. The Morgan fingerprint density at radius 1 is 1.60 bits per heavy atom. The van der Waals surface area contributed by atoms with Crippen molar-refractivity contribution in [2.45, 2.75) is 13.0 Å². The van der Waals surface area contributed by atoms with E-state index in [4.69, 9.17) is 11.6 Å². The van der Waals surface area contributed by atoms with Gasteiger partial charge in [0.25, 0.3) is 0 Å². The highest BCUT2D eigenvalue weighted by molar-refractivity contribution is 7.10. The molecule has 0 fully saturated rings. The van der Waals surface area contributed by atoms with Gasteiger partial charge >= 0.3 is 0 Å². The molecular weight excluding hydrogens is 232 g/mol. The number of hydrogen-bond donors (Lipinski definition) is 1. The maximum atomic E-state index is 10.1. The molecule has 0 aliphatic rings. The van der Waals surface area contributed by atoms with E-state index < -0.39 is 6.10 Å². The minimum atomic E-state index is -0.691. The van der Waals surface area contributed by atoms with E-state index in [0.717, 1.165) is 16.3 Å². The van der Waals surface area contributed by atoms with Gasteiger partial charge in [-0.2, -0.15) is 5.10 Å². The summed E-state index contributed by atoms with van der Waals surface area (Å²) in [5.41, 5.74) is 1.65. The number of aryl methyl sites for hydroxylation is 2. The number of aromatic nitrogens is 2. The van der Waals surface area contributed by atoms with Crippen molar-refractivity contribution in [3.05, 3.63) is 38.8 Å². The van der Waals surface area contributed by atoms with Crippen molar-refractivity contribution in [2.24, 2.45) is 7.05 Å². The van der Waals surface area contributed by atoms with E-state index in [-0.39, 0.29) is 0 Å². The van der Waals surface area contributed by atoms with E-state index in [0.29, 0.717) is 5.02 Å². The van der Waals surface area contributed by atoms with Gasteiger partial charge in [0.05, 0.1) is 21.3 Å². The van der Waals surface area contributed by atoms with Crippen LogP contribution in [-0.2, 0) is 7.05 Å². The van der Waals surface area contributed by atoms with Gasteiger partial charge in [-0.1, -0.05) is 11.6 Å². The number of halogens is 1. The third-order valence-electron chi connectivity index (χ3n) is 2.21. The van der Waals surface area contributed by atoms with Gasteiger partial charge in [0.1, 0.15) is 6.10 Å². The predicted octanol–water partition coefficient (Wildman–Crippen LogP) is 2.53. The van der Waals surface area contributed by atoms with E-state index in [2.05, 4.69) is 5.10 Å². The third kappa shape index (κ3) is 1.93. The van der Waals surface area contributed by atoms with Crippen molar-refractivity contribution < 1.29 is 5.11 Å². The fourth-order valence-corrected chi connectivity index (χ4v) is 2.68. The topological polar surface area (TPSA) is 38.0 Å². The lowest BCUT2D eigenvalue weighted by molar-refractivity contribution is 0.213. The molecular formula is C10H11ClN2OS. The molecule has 0 aromatic carbocycles. The molecule has 2 rings (SSSR count). The Kier molecular flexibility index (Phi) is 2.82. The normalized spacial score (nSPS) is 13.1. The van der Waals surface area contributed by atoms with Crippen molar-refractivity contribution >= 4 is 22.9 Å².